The molecule has 0 saturated carbocycles. The molecule has 2 amide bonds. The Morgan fingerprint density at radius 3 is 2.42 bits per heavy atom. The largest absolute Gasteiger partial charge is 0.494 e. The van der Waals surface area contributed by atoms with Crippen molar-refractivity contribution in [1.82, 2.24) is 4.90 Å². The van der Waals surface area contributed by atoms with Crippen LogP contribution >= 0.6 is 23.2 Å². The Morgan fingerprint density at radius 1 is 1.13 bits per heavy atom. The number of fused-ring (bicyclic) bond motifs is 2. The Labute approximate surface area is 191 Å². The number of hydrogen-bond acceptors (Lipinski definition) is 4. The van der Waals surface area contributed by atoms with E-state index in [1.165, 1.54) is 12.7 Å². The second-order valence-corrected chi connectivity index (χ2v) is 8.98. The highest BCUT2D eigenvalue weighted by molar-refractivity contribution is 6.34. The smallest absolute Gasteiger partial charge is 0.227 e. The number of methoxy groups -OCH3 is 1. The third-order valence-corrected chi connectivity index (χ3v) is 6.86. The van der Waals surface area contributed by atoms with Gasteiger partial charge in [-0.15, -0.1) is 0 Å². The quantitative estimate of drug-likeness (QED) is 0.572. The van der Waals surface area contributed by atoms with Crippen molar-refractivity contribution in [2.75, 3.05) is 17.7 Å². The number of piperidine rings is 1. The zero-order chi connectivity index (χ0) is 22.0. The second-order valence-electron chi connectivity index (χ2n) is 8.14. The number of halogens is 2. The molecule has 0 radical (unpaired) electrons. The van der Waals surface area contributed by atoms with Gasteiger partial charge in [0.2, 0.25) is 12.3 Å². The van der Waals surface area contributed by atoms with Gasteiger partial charge in [0, 0.05) is 35.6 Å². The van der Waals surface area contributed by atoms with Crippen molar-refractivity contribution in [3.05, 3.63) is 52.0 Å². The van der Waals surface area contributed by atoms with Gasteiger partial charge in [-0.3, -0.25) is 14.5 Å². The summed E-state index contributed by atoms with van der Waals surface area (Å²) in [5.41, 5.74) is 2.18. The zero-order valence-electron chi connectivity index (χ0n) is 17.2. The number of nitrogens with zero attached hydrogens (tertiary/aromatic N) is 1. The number of ether oxygens (including phenoxy) is 1. The standard InChI is InChI=1S/C23H25Cl2N3O3/c1-31-22-11-20(26-13-29)19(25)10-21(22)27-23(30)15-8-17-6-7-18(9-15)28(17)12-14-2-4-16(24)5-3-14/h2-5,10-11,13,15,17-18H,6-9,12H2,1H3,(H,26,29)(H,27,30). The molecule has 2 bridgehead atoms. The van der Waals surface area contributed by atoms with Gasteiger partial charge in [-0.2, -0.15) is 0 Å². The first kappa shape index (κ1) is 21.9. The number of benzene rings is 2. The van der Waals surface area contributed by atoms with Crippen LogP contribution in [0.25, 0.3) is 0 Å². The van der Waals surface area contributed by atoms with E-state index in [0.29, 0.717) is 40.6 Å². The molecule has 2 unspecified atom stereocenters. The summed E-state index contributed by atoms with van der Waals surface area (Å²) < 4.78 is 5.38. The topological polar surface area (TPSA) is 70.7 Å². The van der Waals surface area contributed by atoms with E-state index in [0.717, 1.165) is 37.3 Å². The Balaban J connectivity index is 1.43. The fraction of sp³-hybridized carbons (Fsp3) is 0.391. The molecule has 164 valence electrons. The molecule has 2 heterocycles. The van der Waals surface area contributed by atoms with Gasteiger partial charge in [0.15, 0.2) is 0 Å². The van der Waals surface area contributed by atoms with Gasteiger partial charge in [0.05, 0.1) is 23.5 Å². The molecule has 2 saturated heterocycles. The molecule has 6 nitrogen and oxygen atoms in total. The molecule has 2 fully saturated rings. The lowest BCUT2D eigenvalue weighted by Crippen LogP contribution is -2.45. The predicted octanol–water partition coefficient (Wildman–Crippen LogP) is 4.95. The monoisotopic (exact) mass is 461 g/mol. The van der Waals surface area contributed by atoms with Crippen molar-refractivity contribution < 1.29 is 14.3 Å². The van der Waals surface area contributed by atoms with E-state index in [-0.39, 0.29) is 11.8 Å². The van der Waals surface area contributed by atoms with E-state index < -0.39 is 0 Å². The van der Waals surface area contributed by atoms with Gasteiger partial charge in [-0.1, -0.05) is 35.3 Å². The van der Waals surface area contributed by atoms with Crippen LogP contribution in [0.4, 0.5) is 11.4 Å². The van der Waals surface area contributed by atoms with Gasteiger partial charge in [-0.05, 0) is 49.4 Å². The molecule has 31 heavy (non-hydrogen) atoms. The SMILES string of the molecule is COc1cc(NC=O)c(Cl)cc1NC(=O)C1CC2CCC(C1)N2Cc1ccc(Cl)cc1. The summed E-state index contributed by atoms with van der Waals surface area (Å²) >= 11 is 12.2. The van der Waals surface area contributed by atoms with Gasteiger partial charge in [-0.25, -0.2) is 0 Å². The molecule has 4 rings (SSSR count). The van der Waals surface area contributed by atoms with E-state index in [4.69, 9.17) is 27.9 Å². The average Bonchev–Trinajstić information content (AvgIpc) is 2.98. The third-order valence-electron chi connectivity index (χ3n) is 6.29. The first-order valence-electron chi connectivity index (χ1n) is 10.4. The molecule has 2 aromatic carbocycles. The molecule has 2 aliphatic heterocycles. The second kappa shape index (κ2) is 9.47. The normalized spacial score (nSPS) is 22.7. The van der Waals surface area contributed by atoms with Crippen LogP contribution < -0.4 is 15.4 Å². The van der Waals surface area contributed by atoms with Crippen LogP contribution in [0.2, 0.25) is 10.0 Å². The molecule has 0 aliphatic carbocycles. The maximum absolute atomic E-state index is 13.1. The Bertz CT molecular complexity index is 953. The molecule has 0 aromatic heterocycles. The van der Waals surface area contributed by atoms with Crippen LogP contribution in [-0.4, -0.2) is 36.4 Å². The molecular formula is C23H25Cl2N3O3. The summed E-state index contributed by atoms with van der Waals surface area (Å²) in [4.78, 5) is 26.3. The van der Waals surface area contributed by atoms with Crippen LogP contribution in [0.5, 0.6) is 5.75 Å². The van der Waals surface area contributed by atoms with E-state index in [2.05, 4.69) is 27.7 Å². The summed E-state index contributed by atoms with van der Waals surface area (Å²) in [6.45, 7) is 0.884. The van der Waals surface area contributed by atoms with Gasteiger partial charge in [0.1, 0.15) is 5.75 Å². The first-order valence-corrected chi connectivity index (χ1v) is 11.1. The summed E-state index contributed by atoms with van der Waals surface area (Å²) in [7, 11) is 1.51. The average molecular weight is 462 g/mol. The fourth-order valence-electron chi connectivity index (χ4n) is 4.78. The maximum Gasteiger partial charge on any atom is 0.227 e. The highest BCUT2D eigenvalue weighted by Crippen LogP contribution is 2.41. The maximum atomic E-state index is 13.1. The summed E-state index contributed by atoms with van der Waals surface area (Å²) in [5, 5.41) is 6.58. The van der Waals surface area contributed by atoms with Crippen LogP contribution in [-0.2, 0) is 16.1 Å². The minimum atomic E-state index is -0.0600. The Kier molecular flexibility index (Phi) is 6.70. The molecule has 2 aliphatic rings. The van der Waals surface area contributed by atoms with E-state index >= 15 is 0 Å². The van der Waals surface area contributed by atoms with Crippen molar-refractivity contribution >= 4 is 46.9 Å². The number of rotatable bonds is 7. The van der Waals surface area contributed by atoms with Gasteiger partial charge < -0.3 is 15.4 Å². The number of hydrogen-bond donors (Lipinski definition) is 2. The first-order chi connectivity index (χ1) is 15.0. The minimum absolute atomic E-state index is 0.0199. The van der Waals surface area contributed by atoms with Crippen LogP contribution in [0, 0.1) is 5.92 Å². The molecule has 0 spiro atoms. The molecule has 8 heteroatoms. The lowest BCUT2D eigenvalue weighted by molar-refractivity contribution is -0.122. The highest BCUT2D eigenvalue weighted by atomic mass is 35.5. The van der Waals surface area contributed by atoms with Crippen molar-refractivity contribution in [2.45, 2.75) is 44.3 Å². The Hall–Kier alpha value is -2.28. The minimum Gasteiger partial charge on any atom is -0.494 e. The van der Waals surface area contributed by atoms with Crippen LogP contribution in [0.15, 0.2) is 36.4 Å². The van der Waals surface area contributed by atoms with E-state index in [1.807, 2.05) is 12.1 Å². The third kappa shape index (κ3) is 4.81. The number of nitrogens with one attached hydrogen (secondary N) is 2. The predicted molar refractivity (Wildman–Crippen MR) is 123 cm³/mol. The Morgan fingerprint density at radius 2 is 1.81 bits per heavy atom. The lowest BCUT2D eigenvalue weighted by atomic mass is 9.89. The van der Waals surface area contributed by atoms with Crippen molar-refractivity contribution in [3.8, 4) is 5.75 Å². The van der Waals surface area contributed by atoms with Gasteiger partial charge >= 0.3 is 0 Å². The fourth-order valence-corrected chi connectivity index (χ4v) is 5.12. The highest BCUT2D eigenvalue weighted by Gasteiger charge is 2.42. The van der Waals surface area contributed by atoms with Gasteiger partial charge in [0.25, 0.3) is 0 Å². The molecular weight excluding hydrogens is 437 g/mol. The van der Waals surface area contributed by atoms with E-state index in [1.54, 1.807) is 12.1 Å². The number of amides is 2. The van der Waals surface area contributed by atoms with Crippen molar-refractivity contribution in [1.29, 1.82) is 0 Å². The zero-order valence-corrected chi connectivity index (χ0v) is 18.7. The number of carbonyl (C=O) groups is 2. The van der Waals surface area contributed by atoms with Crippen LogP contribution in [0.1, 0.15) is 31.2 Å². The summed E-state index contributed by atoms with van der Waals surface area (Å²) in [6.07, 6.45) is 4.44. The van der Waals surface area contributed by atoms with Crippen molar-refractivity contribution in [3.63, 3.8) is 0 Å². The van der Waals surface area contributed by atoms with Crippen molar-refractivity contribution in [2.24, 2.45) is 5.92 Å². The molecule has 2 N–H and O–H groups in total. The van der Waals surface area contributed by atoms with Crippen LogP contribution in [0.3, 0.4) is 0 Å². The lowest BCUT2D eigenvalue weighted by Gasteiger charge is -2.38. The summed E-state index contributed by atoms with van der Waals surface area (Å²) in [5.74, 6) is 0.369. The number of anilines is 2. The molecule has 2 atom stereocenters. The number of carbonyl (C=O) groups excluding carboxylic acids is 2. The summed E-state index contributed by atoms with van der Waals surface area (Å²) in [6, 6.07) is 12.0. The molecule has 2 aromatic rings. The van der Waals surface area contributed by atoms with E-state index in [9.17, 15) is 9.59 Å².